The molecule has 1 aromatic carbocycles. The minimum absolute atomic E-state index is 0.269. The van der Waals surface area contributed by atoms with Crippen LogP contribution in [0, 0.1) is 0 Å². The van der Waals surface area contributed by atoms with Crippen LogP contribution in [0.1, 0.15) is 24.3 Å². The van der Waals surface area contributed by atoms with Crippen molar-refractivity contribution in [3.8, 4) is 0 Å². The summed E-state index contributed by atoms with van der Waals surface area (Å²) in [6, 6.07) is 10.9. The molecule has 2 rings (SSSR count). The van der Waals surface area contributed by atoms with Crippen LogP contribution in [0.5, 0.6) is 0 Å². The summed E-state index contributed by atoms with van der Waals surface area (Å²) in [5, 5.41) is 13.1. The third kappa shape index (κ3) is 2.65. The van der Waals surface area contributed by atoms with Crippen LogP contribution in [0.15, 0.2) is 36.4 Å². The molecular formula is C14H16N2O2. The van der Waals surface area contributed by atoms with E-state index < -0.39 is 6.10 Å². The molecule has 0 spiro atoms. The largest absolute Gasteiger partial charge is 0.391 e. The van der Waals surface area contributed by atoms with E-state index in [0.717, 1.165) is 10.9 Å². The molecule has 1 heterocycles. The summed E-state index contributed by atoms with van der Waals surface area (Å²) in [5.74, 6) is -0.269. The number of nitrogens with one attached hydrogen (secondary N) is 1. The molecule has 2 unspecified atom stereocenters. The van der Waals surface area contributed by atoms with E-state index in [9.17, 15) is 9.90 Å². The number of fused-ring (bicyclic) bond motifs is 1. The van der Waals surface area contributed by atoms with Gasteiger partial charge in [-0.3, -0.25) is 4.79 Å². The molecule has 0 bridgehead atoms. The van der Waals surface area contributed by atoms with Gasteiger partial charge in [-0.1, -0.05) is 24.3 Å². The van der Waals surface area contributed by atoms with Crippen LogP contribution in [0.25, 0.3) is 10.9 Å². The highest BCUT2D eigenvalue weighted by molar-refractivity contribution is 5.95. The van der Waals surface area contributed by atoms with Crippen molar-refractivity contribution >= 4 is 16.8 Å². The standard InChI is InChI=1S/C14H16N2O2/c1-9(10(2)17)15-14(18)13-8-7-11-5-3-4-6-12(11)16-13/h3-10,17H,1-2H3,(H,15,18). The van der Waals surface area contributed by atoms with Gasteiger partial charge in [0.2, 0.25) is 0 Å². The van der Waals surface area contributed by atoms with Crippen molar-refractivity contribution in [2.45, 2.75) is 26.0 Å². The Morgan fingerprint density at radius 3 is 2.67 bits per heavy atom. The summed E-state index contributed by atoms with van der Waals surface area (Å²) >= 11 is 0. The summed E-state index contributed by atoms with van der Waals surface area (Å²) in [6.45, 7) is 3.39. The van der Waals surface area contributed by atoms with Crippen LogP contribution in [0.4, 0.5) is 0 Å². The number of hydrogen-bond acceptors (Lipinski definition) is 3. The number of aromatic nitrogens is 1. The third-order valence-electron chi connectivity index (χ3n) is 2.91. The van der Waals surface area contributed by atoms with Gasteiger partial charge in [0.1, 0.15) is 5.69 Å². The molecule has 94 valence electrons. The topological polar surface area (TPSA) is 62.2 Å². The maximum absolute atomic E-state index is 11.9. The van der Waals surface area contributed by atoms with Crippen molar-refractivity contribution in [1.82, 2.24) is 10.3 Å². The first kappa shape index (κ1) is 12.5. The van der Waals surface area contributed by atoms with E-state index in [1.807, 2.05) is 30.3 Å². The maximum Gasteiger partial charge on any atom is 0.270 e. The van der Waals surface area contributed by atoms with Crippen LogP contribution in [0.2, 0.25) is 0 Å². The van der Waals surface area contributed by atoms with Crippen molar-refractivity contribution in [3.05, 3.63) is 42.1 Å². The van der Waals surface area contributed by atoms with Gasteiger partial charge < -0.3 is 10.4 Å². The summed E-state index contributed by atoms with van der Waals surface area (Å²) in [6.07, 6.45) is -0.589. The Morgan fingerprint density at radius 2 is 1.94 bits per heavy atom. The number of aliphatic hydroxyl groups excluding tert-OH is 1. The Balaban J connectivity index is 2.23. The zero-order valence-electron chi connectivity index (χ0n) is 10.4. The molecular weight excluding hydrogens is 228 g/mol. The number of amides is 1. The van der Waals surface area contributed by atoms with Crippen LogP contribution < -0.4 is 5.32 Å². The van der Waals surface area contributed by atoms with E-state index in [1.54, 1.807) is 19.9 Å². The van der Waals surface area contributed by atoms with Crippen LogP contribution >= 0.6 is 0 Å². The summed E-state index contributed by atoms with van der Waals surface area (Å²) < 4.78 is 0. The van der Waals surface area contributed by atoms with Gasteiger partial charge in [0, 0.05) is 5.39 Å². The zero-order valence-corrected chi connectivity index (χ0v) is 10.4. The summed E-state index contributed by atoms with van der Waals surface area (Å²) in [4.78, 5) is 16.2. The lowest BCUT2D eigenvalue weighted by Gasteiger charge is -2.16. The summed E-state index contributed by atoms with van der Waals surface area (Å²) in [5.41, 5.74) is 1.15. The Kier molecular flexibility index (Phi) is 3.58. The molecule has 18 heavy (non-hydrogen) atoms. The number of hydrogen-bond donors (Lipinski definition) is 2. The molecule has 4 nitrogen and oxygen atoms in total. The highest BCUT2D eigenvalue weighted by Crippen LogP contribution is 2.11. The van der Waals surface area contributed by atoms with E-state index in [1.165, 1.54) is 0 Å². The van der Waals surface area contributed by atoms with Crippen molar-refractivity contribution in [2.75, 3.05) is 0 Å². The minimum atomic E-state index is -0.589. The first-order valence-electron chi connectivity index (χ1n) is 5.92. The van der Waals surface area contributed by atoms with Crippen molar-refractivity contribution < 1.29 is 9.90 Å². The van der Waals surface area contributed by atoms with Crippen LogP contribution in [0.3, 0.4) is 0 Å². The molecule has 0 fully saturated rings. The van der Waals surface area contributed by atoms with Crippen molar-refractivity contribution in [2.24, 2.45) is 0 Å². The molecule has 0 saturated carbocycles. The second-order valence-corrected chi connectivity index (χ2v) is 4.39. The molecule has 1 aromatic heterocycles. The third-order valence-corrected chi connectivity index (χ3v) is 2.91. The van der Waals surface area contributed by atoms with Gasteiger partial charge in [-0.15, -0.1) is 0 Å². The second kappa shape index (κ2) is 5.14. The SMILES string of the molecule is CC(O)C(C)NC(=O)c1ccc2ccccc2n1. The molecule has 0 aliphatic heterocycles. The normalized spacial score (nSPS) is 14.2. The molecule has 2 N–H and O–H groups in total. The predicted octanol–water partition coefficient (Wildman–Crippen LogP) is 1.73. The Morgan fingerprint density at radius 1 is 1.22 bits per heavy atom. The molecule has 1 amide bonds. The number of benzene rings is 1. The quantitative estimate of drug-likeness (QED) is 0.864. The molecule has 0 radical (unpaired) electrons. The number of carbonyl (C=O) groups is 1. The second-order valence-electron chi connectivity index (χ2n) is 4.39. The molecule has 2 atom stereocenters. The lowest BCUT2D eigenvalue weighted by atomic mass is 10.2. The summed E-state index contributed by atoms with van der Waals surface area (Å²) in [7, 11) is 0. The zero-order chi connectivity index (χ0) is 13.1. The fourth-order valence-electron chi connectivity index (χ4n) is 1.59. The van der Waals surface area contributed by atoms with Crippen LogP contribution in [-0.4, -0.2) is 28.1 Å². The first-order chi connectivity index (χ1) is 8.58. The smallest absolute Gasteiger partial charge is 0.270 e. The Bertz CT molecular complexity index is 566. The molecule has 4 heteroatoms. The lowest BCUT2D eigenvalue weighted by Crippen LogP contribution is -2.40. The Hall–Kier alpha value is -1.94. The van der Waals surface area contributed by atoms with Gasteiger partial charge >= 0.3 is 0 Å². The number of nitrogens with zero attached hydrogens (tertiary/aromatic N) is 1. The number of rotatable bonds is 3. The predicted molar refractivity (Wildman–Crippen MR) is 70.4 cm³/mol. The maximum atomic E-state index is 11.9. The Labute approximate surface area is 106 Å². The monoisotopic (exact) mass is 244 g/mol. The number of aliphatic hydroxyl groups is 1. The van der Waals surface area contributed by atoms with Gasteiger partial charge in [-0.2, -0.15) is 0 Å². The van der Waals surface area contributed by atoms with Crippen molar-refractivity contribution in [1.29, 1.82) is 0 Å². The number of carbonyl (C=O) groups excluding carboxylic acids is 1. The molecule has 0 aliphatic carbocycles. The fourth-order valence-corrected chi connectivity index (χ4v) is 1.59. The first-order valence-corrected chi connectivity index (χ1v) is 5.92. The van der Waals surface area contributed by atoms with E-state index >= 15 is 0 Å². The molecule has 0 saturated heterocycles. The van der Waals surface area contributed by atoms with Gasteiger partial charge in [0.25, 0.3) is 5.91 Å². The van der Waals surface area contributed by atoms with Gasteiger partial charge in [0.15, 0.2) is 0 Å². The van der Waals surface area contributed by atoms with Gasteiger partial charge in [0.05, 0.1) is 17.7 Å². The van der Waals surface area contributed by atoms with Gasteiger partial charge in [-0.25, -0.2) is 4.98 Å². The van der Waals surface area contributed by atoms with Crippen molar-refractivity contribution in [3.63, 3.8) is 0 Å². The highest BCUT2D eigenvalue weighted by Gasteiger charge is 2.14. The van der Waals surface area contributed by atoms with E-state index in [0.29, 0.717) is 5.69 Å². The fraction of sp³-hybridized carbons (Fsp3) is 0.286. The number of para-hydroxylation sites is 1. The van der Waals surface area contributed by atoms with E-state index in [2.05, 4.69) is 10.3 Å². The van der Waals surface area contributed by atoms with Crippen LogP contribution in [-0.2, 0) is 0 Å². The minimum Gasteiger partial charge on any atom is -0.391 e. The average molecular weight is 244 g/mol. The average Bonchev–Trinajstić information content (AvgIpc) is 2.37. The molecule has 2 aromatic rings. The highest BCUT2D eigenvalue weighted by atomic mass is 16.3. The molecule has 0 aliphatic rings. The van der Waals surface area contributed by atoms with E-state index in [-0.39, 0.29) is 11.9 Å². The number of pyridine rings is 1. The van der Waals surface area contributed by atoms with Gasteiger partial charge in [-0.05, 0) is 26.0 Å². The lowest BCUT2D eigenvalue weighted by molar-refractivity contribution is 0.0869. The van der Waals surface area contributed by atoms with E-state index in [4.69, 9.17) is 0 Å².